The standard InChI is InChI=1S/C46H57N4O8PS/c1-8-29-24-46(29,59(54,55)33-16-10-9-11-17-33)25-40(51)39-21-32(26-50(39)43(53)35(45(4,5)6)22-42(52)58-30-14-12-13-15-30)57-41-23-37(38-27-60-44(49-38)47-28(2)3)48-36-20-31(56-7)18-19-34(36)41/h8-11,16-20,23,27-30,32,35,39H,1,12-15,21-22,24-26H2,2-7H3,(H,47,49)(H,54,55)/t29-,32-,35-,39+,46-/m1/s1. The summed E-state index contributed by atoms with van der Waals surface area (Å²) in [5, 5.41) is 5.76. The van der Waals surface area contributed by atoms with E-state index < -0.39 is 42.0 Å². The highest BCUT2D eigenvalue weighted by Gasteiger charge is 2.66. The zero-order valence-corrected chi connectivity index (χ0v) is 37.1. The second-order valence-electron chi connectivity index (χ2n) is 17.9. The predicted molar refractivity (Wildman–Crippen MR) is 235 cm³/mol. The van der Waals surface area contributed by atoms with Gasteiger partial charge in [-0.25, -0.2) is 9.97 Å². The molecule has 3 aliphatic rings. The number of methoxy groups -OCH3 is 1. The van der Waals surface area contributed by atoms with E-state index in [0.717, 1.165) is 30.8 Å². The molecule has 0 bridgehead atoms. The normalized spacial score (nSPS) is 23.3. The third kappa shape index (κ3) is 9.04. The summed E-state index contributed by atoms with van der Waals surface area (Å²) in [5.74, 6) is -1.16. The number of thiazole rings is 1. The Morgan fingerprint density at radius 1 is 1.07 bits per heavy atom. The summed E-state index contributed by atoms with van der Waals surface area (Å²) in [7, 11) is -2.50. The van der Waals surface area contributed by atoms with Crippen molar-refractivity contribution in [2.24, 2.45) is 17.3 Å². The number of ketones is 1. The first-order valence-electron chi connectivity index (χ1n) is 20.9. The lowest BCUT2D eigenvalue weighted by Gasteiger charge is -2.35. The highest BCUT2D eigenvalue weighted by Crippen LogP contribution is 2.72. The number of fused-ring (bicyclic) bond motifs is 1. The lowest BCUT2D eigenvalue weighted by atomic mass is 9.77. The zero-order chi connectivity index (χ0) is 43.0. The Bertz CT molecular complexity index is 2290. The van der Waals surface area contributed by atoms with Gasteiger partial charge in [-0.2, -0.15) is 0 Å². The van der Waals surface area contributed by atoms with Gasteiger partial charge in [0, 0.05) is 47.1 Å². The van der Waals surface area contributed by atoms with E-state index in [-0.39, 0.29) is 60.9 Å². The van der Waals surface area contributed by atoms with E-state index in [1.165, 1.54) is 11.3 Å². The van der Waals surface area contributed by atoms with E-state index in [4.69, 9.17) is 24.2 Å². The van der Waals surface area contributed by atoms with Gasteiger partial charge in [-0.15, -0.1) is 17.9 Å². The van der Waals surface area contributed by atoms with Crippen LogP contribution in [0.4, 0.5) is 5.13 Å². The SMILES string of the molecule is C=C[C@@H]1C[C@]1(CC(=O)[C@@H]1C[C@@H](Oc2cc(-c3csc(NC(C)C)n3)nc3cc(OC)ccc23)CN1C(=O)[C@@H](CC(=O)OC1CCCC1)C(C)(C)C)P(=O)(O)c1ccccc1. The van der Waals surface area contributed by atoms with Gasteiger partial charge in [0.1, 0.15) is 29.4 Å². The fraction of sp³-hybridized carbons (Fsp3) is 0.500. The summed E-state index contributed by atoms with van der Waals surface area (Å²) in [6.07, 6.45) is 4.57. The molecular formula is C46H57N4O8PS. The predicted octanol–water partition coefficient (Wildman–Crippen LogP) is 8.57. The molecule has 2 saturated carbocycles. The van der Waals surface area contributed by atoms with Crippen LogP contribution in [0.15, 0.2) is 72.6 Å². The van der Waals surface area contributed by atoms with Crippen LogP contribution in [0, 0.1) is 17.3 Å². The number of esters is 1. The molecule has 1 amide bonds. The summed E-state index contributed by atoms with van der Waals surface area (Å²) < 4.78 is 32.6. The fourth-order valence-electron chi connectivity index (χ4n) is 8.81. The number of pyridine rings is 1. The van der Waals surface area contributed by atoms with Crippen molar-refractivity contribution in [2.75, 3.05) is 19.0 Å². The first-order valence-corrected chi connectivity index (χ1v) is 23.5. The van der Waals surface area contributed by atoms with Gasteiger partial charge in [-0.1, -0.05) is 45.0 Å². The maximum absolute atomic E-state index is 15.0. The van der Waals surface area contributed by atoms with Gasteiger partial charge >= 0.3 is 5.97 Å². The number of carbonyl (C=O) groups is 3. The molecule has 6 atom stereocenters. The van der Waals surface area contributed by atoms with Gasteiger partial charge in [-0.05, 0) is 81.5 Å². The van der Waals surface area contributed by atoms with Crippen molar-refractivity contribution < 1.29 is 38.1 Å². The number of benzene rings is 2. The van der Waals surface area contributed by atoms with Gasteiger partial charge in [-0.3, -0.25) is 18.9 Å². The van der Waals surface area contributed by atoms with Gasteiger partial charge in [0.15, 0.2) is 10.9 Å². The lowest BCUT2D eigenvalue weighted by Crippen LogP contribution is -2.48. The quantitative estimate of drug-likeness (QED) is 0.0632. The number of anilines is 1. The number of hydrogen-bond donors (Lipinski definition) is 2. The summed E-state index contributed by atoms with van der Waals surface area (Å²) in [5.41, 5.74) is 1.19. The first kappa shape index (κ1) is 43.5. The highest BCUT2D eigenvalue weighted by atomic mass is 32.1. The largest absolute Gasteiger partial charge is 0.497 e. The number of rotatable bonds is 16. The van der Waals surface area contributed by atoms with Gasteiger partial charge in [0.2, 0.25) is 13.3 Å². The molecule has 3 heterocycles. The molecule has 2 N–H and O–H groups in total. The number of nitrogens with one attached hydrogen (secondary N) is 1. The minimum atomic E-state index is -4.09. The topological polar surface area (TPSA) is 157 Å². The van der Waals surface area contributed by atoms with E-state index in [9.17, 15) is 23.8 Å². The molecule has 320 valence electrons. The number of carbonyl (C=O) groups excluding carboxylic acids is 3. The van der Waals surface area contributed by atoms with Crippen LogP contribution >= 0.6 is 18.7 Å². The van der Waals surface area contributed by atoms with E-state index in [0.29, 0.717) is 40.2 Å². The fourth-order valence-corrected chi connectivity index (χ4v) is 12.1. The monoisotopic (exact) mass is 856 g/mol. The van der Waals surface area contributed by atoms with Crippen molar-refractivity contribution >= 4 is 57.7 Å². The van der Waals surface area contributed by atoms with Crippen molar-refractivity contribution in [3.63, 3.8) is 0 Å². The average molecular weight is 857 g/mol. The molecule has 4 aromatic rings. The van der Waals surface area contributed by atoms with Gasteiger partial charge in [0.25, 0.3) is 0 Å². The van der Waals surface area contributed by atoms with Crippen molar-refractivity contribution in [3.8, 4) is 22.9 Å². The summed E-state index contributed by atoms with van der Waals surface area (Å²) in [6, 6.07) is 15.0. The molecule has 7 rings (SSSR count). The van der Waals surface area contributed by atoms with Crippen molar-refractivity contribution in [2.45, 2.75) is 115 Å². The van der Waals surface area contributed by atoms with Gasteiger partial charge < -0.3 is 29.3 Å². The molecule has 0 radical (unpaired) electrons. The second kappa shape index (κ2) is 17.4. The van der Waals surface area contributed by atoms with Crippen LogP contribution in [0.1, 0.15) is 86.0 Å². The smallest absolute Gasteiger partial charge is 0.306 e. The lowest BCUT2D eigenvalue weighted by molar-refractivity contribution is -0.156. The number of nitrogens with zero attached hydrogens (tertiary/aromatic N) is 3. The molecule has 1 aliphatic heterocycles. The van der Waals surface area contributed by atoms with Crippen LogP contribution in [0.2, 0.25) is 0 Å². The molecular weight excluding hydrogens is 800 g/mol. The summed E-state index contributed by atoms with van der Waals surface area (Å²) in [4.78, 5) is 66.2. The van der Waals surface area contributed by atoms with Crippen LogP contribution < -0.4 is 20.1 Å². The molecule has 1 saturated heterocycles. The van der Waals surface area contributed by atoms with Gasteiger partial charge in [0.05, 0.1) is 48.4 Å². The Balaban J connectivity index is 1.23. The third-order valence-corrected chi connectivity index (χ3v) is 15.9. The van der Waals surface area contributed by atoms with Crippen molar-refractivity contribution in [1.82, 2.24) is 14.9 Å². The van der Waals surface area contributed by atoms with Crippen molar-refractivity contribution in [1.29, 1.82) is 0 Å². The maximum atomic E-state index is 15.0. The molecule has 2 aromatic heterocycles. The number of allylic oxidation sites excluding steroid dienone is 1. The van der Waals surface area contributed by atoms with Crippen LogP contribution in [0.25, 0.3) is 22.3 Å². The number of Topliss-reactive ketones (excluding diaryl/α,β-unsaturated/α-hetero) is 1. The number of aromatic nitrogens is 2. The summed E-state index contributed by atoms with van der Waals surface area (Å²) >= 11 is 1.47. The molecule has 1 unspecified atom stereocenters. The van der Waals surface area contributed by atoms with Crippen LogP contribution in [0.3, 0.4) is 0 Å². The number of hydrogen-bond acceptors (Lipinski definition) is 11. The molecule has 3 fully saturated rings. The Labute approximate surface area is 356 Å². The first-order chi connectivity index (χ1) is 28.5. The molecule has 14 heteroatoms. The third-order valence-electron chi connectivity index (χ3n) is 12.3. The number of amides is 1. The zero-order valence-electron chi connectivity index (χ0n) is 35.4. The number of ether oxygens (including phenoxy) is 3. The van der Waals surface area contributed by atoms with Crippen LogP contribution in [-0.2, 0) is 23.7 Å². The highest BCUT2D eigenvalue weighted by molar-refractivity contribution is 7.68. The van der Waals surface area contributed by atoms with Crippen LogP contribution in [-0.4, -0.2) is 80.5 Å². The Morgan fingerprint density at radius 2 is 1.80 bits per heavy atom. The van der Waals surface area contributed by atoms with E-state index >= 15 is 0 Å². The Hall–Kier alpha value is -4.58. The molecule has 0 spiro atoms. The van der Waals surface area contributed by atoms with E-state index in [2.05, 4.69) is 11.9 Å². The molecule has 60 heavy (non-hydrogen) atoms. The maximum Gasteiger partial charge on any atom is 0.306 e. The Kier molecular flexibility index (Phi) is 12.6. The van der Waals surface area contributed by atoms with Crippen LogP contribution in [0.5, 0.6) is 11.5 Å². The summed E-state index contributed by atoms with van der Waals surface area (Å²) in [6.45, 7) is 13.8. The minimum absolute atomic E-state index is 0.0569. The Morgan fingerprint density at radius 3 is 2.45 bits per heavy atom. The molecule has 12 nitrogen and oxygen atoms in total. The minimum Gasteiger partial charge on any atom is -0.497 e. The molecule has 2 aromatic carbocycles. The molecule has 2 aliphatic carbocycles. The number of likely N-dealkylation sites (tertiary alicyclic amines) is 1. The average Bonchev–Trinajstić information content (AvgIpc) is 3.61. The van der Waals surface area contributed by atoms with E-state index in [1.807, 2.05) is 64.3 Å². The second-order valence-corrected chi connectivity index (χ2v) is 21.3. The van der Waals surface area contributed by atoms with Crippen molar-refractivity contribution in [3.05, 3.63) is 72.6 Å². The van der Waals surface area contributed by atoms with E-state index in [1.54, 1.807) is 48.4 Å².